The normalized spacial score (nSPS) is 19.7. The van der Waals surface area contributed by atoms with Gasteiger partial charge >= 0.3 is 0 Å². The van der Waals surface area contributed by atoms with E-state index < -0.39 is 6.23 Å². The number of hydrogen-bond donors (Lipinski definition) is 1. The Morgan fingerprint density at radius 1 is 1.25 bits per heavy atom. The first kappa shape index (κ1) is 11.6. The number of nitrogens with zero attached hydrogens (tertiary/aromatic N) is 1. The molecule has 1 N–H and O–H groups in total. The van der Waals surface area contributed by atoms with Crippen LogP contribution in [0.3, 0.4) is 0 Å². The van der Waals surface area contributed by atoms with Gasteiger partial charge in [-0.3, -0.25) is 4.90 Å². The smallest absolute Gasteiger partial charge is 0.133 e. The maximum atomic E-state index is 10.3. The molecule has 0 saturated carbocycles. The molecular formula is C13H19NO2. The zero-order valence-electron chi connectivity index (χ0n) is 9.94. The van der Waals surface area contributed by atoms with Crippen molar-refractivity contribution in [1.82, 2.24) is 4.90 Å². The van der Waals surface area contributed by atoms with Gasteiger partial charge in [-0.1, -0.05) is 23.8 Å². The largest absolute Gasteiger partial charge is 0.379 e. The molecule has 0 spiro atoms. The first-order valence-electron chi connectivity index (χ1n) is 5.75. The van der Waals surface area contributed by atoms with E-state index in [0.717, 1.165) is 24.2 Å². The zero-order chi connectivity index (χ0) is 11.5. The topological polar surface area (TPSA) is 32.7 Å². The summed E-state index contributed by atoms with van der Waals surface area (Å²) in [6.45, 7) is 7.11. The van der Waals surface area contributed by atoms with Crippen molar-refractivity contribution in [2.75, 3.05) is 26.3 Å². The van der Waals surface area contributed by atoms with Gasteiger partial charge in [-0.15, -0.1) is 0 Å². The second kappa shape index (κ2) is 4.95. The number of hydrogen-bond acceptors (Lipinski definition) is 3. The Labute approximate surface area is 96.6 Å². The highest BCUT2D eigenvalue weighted by Gasteiger charge is 2.21. The molecule has 1 aliphatic rings. The van der Waals surface area contributed by atoms with Gasteiger partial charge in [-0.2, -0.15) is 0 Å². The lowest BCUT2D eigenvalue weighted by Crippen LogP contribution is -2.39. The predicted octanol–water partition coefficient (Wildman–Crippen LogP) is 1.63. The van der Waals surface area contributed by atoms with Gasteiger partial charge in [0.05, 0.1) is 13.2 Å². The molecule has 1 saturated heterocycles. The van der Waals surface area contributed by atoms with Crippen molar-refractivity contribution < 1.29 is 9.84 Å². The van der Waals surface area contributed by atoms with E-state index >= 15 is 0 Å². The Morgan fingerprint density at radius 2 is 1.94 bits per heavy atom. The summed E-state index contributed by atoms with van der Waals surface area (Å²) in [4.78, 5) is 2.06. The molecule has 1 unspecified atom stereocenters. The lowest BCUT2D eigenvalue weighted by atomic mass is 10.0. The molecule has 1 aromatic rings. The third kappa shape index (κ3) is 2.43. The van der Waals surface area contributed by atoms with Crippen molar-refractivity contribution in [3.63, 3.8) is 0 Å². The molecule has 0 bridgehead atoms. The van der Waals surface area contributed by atoms with Gasteiger partial charge in [0.2, 0.25) is 0 Å². The SMILES string of the molecule is Cc1ccc(C)c(C(O)N2CCOCC2)c1. The Hall–Kier alpha value is -0.900. The number of aryl methyl sites for hydroxylation is 2. The van der Waals surface area contributed by atoms with Crippen LogP contribution in [0.5, 0.6) is 0 Å². The molecule has 3 nitrogen and oxygen atoms in total. The molecule has 0 radical (unpaired) electrons. The van der Waals surface area contributed by atoms with Crippen molar-refractivity contribution in [3.05, 3.63) is 34.9 Å². The highest BCUT2D eigenvalue weighted by atomic mass is 16.5. The van der Waals surface area contributed by atoms with E-state index in [-0.39, 0.29) is 0 Å². The molecule has 1 heterocycles. The highest BCUT2D eigenvalue weighted by molar-refractivity contribution is 5.31. The Morgan fingerprint density at radius 3 is 2.62 bits per heavy atom. The second-order valence-electron chi connectivity index (χ2n) is 4.38. The number of rotatable bonds is 2. The minimum atomic E-state index is -0.496. The highest BCUT2D eigenvalue weighted by Crippen LogP contribution is 2.23. The summed E-state index contributed by atoms with van der Waals surface area (Å²) >= 11 is 0. The van der Waals surface area contributed by atoms with Crippen LogP contribution in [-0.4, -0.2) is 36.3 Å². The Balaban J connectivity index is 2.18. The van der Waals surface area contributed by atoms with Gasteiger partial charge in [0.1, 0.15) is 6.23 Å². The van der Waals surface area contributed by atoms with Crippen LogP contribution in [0.25, 0.3) is 0 Å². The molecule has 1 aliphatic heterocycles. The van der Waals surface area contributed by atoms with Crippen LogP contribution in [0.4, 0.5) is 0 Å². The van der Waals surface area contributed by atoms with Gasteiger partial charge in [0.15, 0.2) is 0 Å². The zero-order valence-corrected chi connectivity index (χ0v) is 9.94. The summed E-state index contributed by atoms with van der Waals surface area (Å²) in [6, 6.07) is 6.20. The van der Waals surface area contributed by atoms with Crippen LogP contribution in [0.1, 0.15) is 22.9 Å². The first-order valence-corrected chi connectivity index (χ1v) is 5.75. The van der Waals surface area contributed by atoms with Crippen LogP contribution in [0, 0.1) is 13.8 Å². The lowest BCUT2D eigenvalue weighted by molar-refractivity contribution is -0.0606. The quantitative estimate of drug-likeness (QED) is 0.824. The Bertz CT molecular complexity index is 359. The molecule has 0 aromatic heterocycles. The fourth-order valence-corrected chi connectivity index (χ4v) is 2.06. The number of aliphatic hydroxyl groups excluding tert-OH is 1. The number of benzene rings is 1. The number of aliphatic hydroxyl groups is 1. The molecule has 1 atom stereocenters. The lowest BCUT2D eigenvalue weighted by Gasteiger charge is -2.32. The molecule has 1 fully saturated rings. The maximum Gasteiger partial charge on any atom is 0.133 e. The predicted molar refractivity (Wildman–Crippen MR) is 63.3 cm³/mol. The molecule has 0 amide bonds. The van der Waals surface area contributed by atoms with Crippen LogP contribution in [-0.2, 0) is 4.74 Å². The average molecular weight is 221 g/mol. The van der Waals surface area contributed by atoms with Crippen LogP contribution >= 0.6 is 0 Å². The standard InChI is InChI=1S/C13H19NO2/c1-10-3-4-11(2)12(9-10)13(15)14-5-7-16-8-6-14/h3-4,9,13,15H,5-8H2,1-2H3. The molecule has 0 aliphatic carbocycles. The maximum absolute atomic E-state index is 10.3. The molecule has 3 heteroatoms. The van der Waals surface area contributed by atoms with Crippen LogP contribution < -0.4 is 0 Å². The molecule has 2 rings (SSSR count). The second-order valence-corrected chi connectivity index (χ2v) is 4.38. The van der Waals surface area contributed by atoms with E-state index in [1.807, 2.05) is 6.92 Å². The first-order chi connectivity index (χ1) is 7.68. The molecule has 1 aromatic carbocycles. The molecular weight excluding hydrogens is 202 g/mol. The van der Waals surface area contributed by atoms with Gasteiger partial charge in [-0.25, -0.2) is 0 Å². The minimum Gasteiger partial charge on any atom is -0.379 e. The number of ether oxygens (including phenoxy) is 1. The van der Waals surface area contributed by atoms with E-state index in [4.69, 9.17) is 4.74 Å². The van der Waals surface area contributed by atoms with Gasteiger partial charge in [0.25, 0.3) is 0 Å². The van der Waals surface area contributed by atoms with E-state index in [2.05, 4.69) is 30.0 Å². The summed E-state index contributed by atoms with van der Waals surface area (Å²) in [7, 11) is 0. The van der Waals surface area contributed by atoms with Gasteiger partial charge in [-0.05, 0) is 25.0 Å². The fraction of sp³-hybridized carbons (Fsp3) is 0.538. The van der Waals surface area contributed by atoms with Crippen LogP contribution in [0.15, 0.2) is 18.2 Å². The Kier molecular flexibility index (Phi) is 3.59. The molecule has 16 heavy (non-hydrogen) atoms. The van der Waals surface area contributed by atoms with E-state index in [0.29, 0.717) is 13.2 Å². The summed E-state index contributed by atoms with van der Waals surface area (Å²) in [5.41, 5.74) is 3.35. The summed E-state index contributed by atoms with van der Waals surface area (Å²) in [5.74, 6) is 0. The summed E-state index contributed by atoms with van der Waals surface area (Å²) in [5, 5.41) is 10.3. The monoisotopic (exact) mass is 221 g/mol. The third-order valence-electron chi connectivity index (χ3n) is 3.10. The molecule has 88 valence electrons. The van der Waals surface area contributed by atoms with E-state index in [1.165, 1.54) is 5.56 Å². The van der Waals surface area contributed by atoms with Crippen LogP contribution in [0.2, 0.25) is 0 Å². The summed E-state index contributed by atoms with van der Waals surface area (Å²) in [6.07, 6.45) is -0.496. The van der Waals surface area contributed by atoms with Crippen molar-refractivity contribution >= 4 is 0 Å². The minimum absolute atomic E-state index is 0.496. The van der Waals surface area contributed by atoms with E-state index in [9.17, 15) is 5.11 Å². The van der Waals surface area contributed by atoms with Gasteiger partial charge < -0.3 is 9.84 Å². The van der Waals surface area contributed by atoms with E-state index in [1.54, 1.807) is 0 Å². The third-order valence-corrected chi connectivity index (χ3v) is 3.10. The van der Waals surface area contributed by atoms with Crippen molar-refractivity contribution in [3.8, 4) is 0 Å². The average Bonchev–Trinajstić information content (AvgIpc) is 2.32. The van der Waals surface area contributed by atoms with Gasteiger partial charge in [0, 0.05) is 13.1 Å². The summed E-state index contributed by atoms with van der Waals surface area (Å²) < 4.78 is 5.29. The fourth-order valence-electron chi connectivity index (χ4n) is 2.06. The van der Waals surface area contributed by atoms with Crippen molar-refractivity contribution in [1.29, 1.82) is 0 Å². The van der Waals surface area contributed by atoms with Crippen molar-refractivity contribution in [2.45, 2.75) is 20.1 Å². The number of morpholine rings is 1. The van der Waals surface area contributed by atoms with Crippen molar-refractivity contribution in [2.24, 2.45) is 0 Å².